The van der Waals surface area contributed by atoms with Crippen LogP contribution in [0.1, 0.15) is 29.4 Å². The molecule has 0 spiro atoms. The molecule has 0 aromatic carbocycles. The minimum absolute atomic E-state index is 0.00329. The maximum Gasteiger partial charge on any atom is 0.270 e. The molecule has 0 bridgehead atoms. The summed E-state index contributed by atoms with van der Waals surface area (Å²) in [5.41, 5.74) is 0.728. The van der Waals surface area contributed by atoms with E-state index in [1.807, 2.05) is 18.3 Å². The molecule has 1 atom stereocenters. The number of aromatic nitrogens is 1. The fourth-order valence-corrected chi connectivity index (χ4v) is 2.39. The van der Waals surface area contributed by atoms with Gasteiger partial charge in [0.2, 0.25) is 0 Å². The Morgan fingerprint density at radius 2 is 2.28 bits per heavy atom. The number of nitrogens with zero attached hydrogens (tertiary/aromatic N) is 2. The van der Waals surface area contributed by atoms with Crippen LogP contribution >= 0.6 is 0 Å². The zero-order valence-electron chi connectivity index (χ0n) is 10.3. The lowest BCUT2D eigenvalue weighted by atomic mass is 10.3. The average molecular weight is 250 g/mol. The van der Waals surface area contributed by atoms with Crippen molar-refractivity contribution in [3.8, 4) is 0 Å². The highest BCUT2D eigenvalue weighted by molar-refractivity contribution is 5.93. The summed E-state index contributed by atoms with van der Waals surface area (Å²) in [4.78, 5) is 14.1. The van der Waals surface area contributed by atoms with Crippen LogP contribution in [0.2, 0.25) is 0 Å². The van der Waals surface area contributed by atoms with E-state index in [2.05, 4.69) is 4.57 Å². The molecule has 1 aliphatic heterocycles. The highest BCUT2D eigenvalue weighted by atomic mass is 16.5. The Kier molecular flexibility index (Phi) is 3.09. The number of rotatable bonds is 2. The summed E-state index contributed by atoms with van der Waals surface area (Å²) in [6.07, 6.45) is 3.69. The van der Waals surface area contributed by atoms with Gasteiger partial charge < -0.3 is 19.3 Å². The summed E-state index contributed by atoms with van der Waals surface area (Å²) < 4.78 is 7.30. The summed E-state index contributed by atoms with van der Waals surface area (Å²) in [5.74, 6) is -0.00329. The normalized spacial score (nSPS) is 24.9. The predicted octanol–water partition coefficient (Wildman–Crippen LogP) is 0.656. The van der Waals surface area contributed by atoms with E-state index >= 15 is 0 Å². The number of amides is 1. The van der Waals surface area contributed by atoms with Crippen LogP contribution < -0.4 is 0 Å². The third-order valence-corrected chi connectivity index (χ3v) is 3.47. The van der Waals surface area contributed by atoms with Crippen LogP contribution in [0.15, 0.2) is 18.3 Å². The Hall–Kier alpha value is -1.33. The predicted molar refractivity (Wildman–Crippen MR) is 65.4 cm³/mol. The second kappa shape index (κ2) is 4.74. The fourth-order valence-electron chi connectivity index (χ4n) is 2.39. The van der Waals surface area contributed by atoms with Gasteiger partial charge >= 0.3 is 0 Å². The van der Waals surface area contributed by atoms with E-state index in [0.29, 0.717) is 32.3 Å². The minimum Gasteiger partial charge on any atom is -0.389 e. The van der Waals surface area contributed by atoms with E-state index in [4.69, 9.17) is 4.74 Å². The first-order valence-electron chi connectivity index (χ1n) is 6.47. The monoisotopic (exact) mass is 250 g/mol. The van der Waals surface area contributed by atoms with Crippen molar-refractivity contribution < 1.29 is 14.6 Å². The van der Waals surface area contributed by atoms with E-state index in [1.54, 1.807) is 4.90 Å². The van der Waals surface area contributed by atoms with Crippen molar-refractivity contribution in [3.63, 3.8) is 0 Å². The molecule has 5 nitrogen and oxygen atoms in total. The van der Waals surface area contributed by atoms with Gasteiger partial charge in [-0.1, -0.05) is 0 Å². The number of carbonyl (C=O) groups excluding carboxylic acids is 1. The van der Waals surface area contributed by atoms with Gasteiger partial charge in [0, 0.05) is 25.3 Å². The Balaban J connectivity index is 1.78. The molecule has 2 fully saturated rings. The van der Waals surface area contributed by atoms with Gasteiger partial charge in [-0.2, -0.15) is 0 Å². The van der Waals surface area contributed by atoms with Crippen LogP contribution in [0.25, 0.3) is 0 Å². The van der Waals surface area contributed by atoms with Crippen LogP contribution in [0.3, 0.4) is 0 Å². The van der Waals surface area contributed by atoms with Gasteiger partial charge in [0.1, 0.15) is 5.69 Å². The molecular formula is C13H18N2O3. The Labute approximate surface area is 106 Å². The van der Waals surface area contributed by atoms with Crippen LogP contribution in [-0.2, 0) is 4.74 Å². The molecule has 3 rings (SSSR count). The minimum atomic E-state index is -0.583. The number of hydrogen-bond acceptors (Lipinski definition) is 3. The summed E-state index contributed by atoms with van der Waals surface area (Å²) >= 11 is 0. The fraction of sp³-hybridized carbons (Fsp3) is 0.615. The molecule has 1 aromatic rings. The third-order valence-electron chi connectivity index (χ3n) is 3.47. The van der Waals surface area contributed by atoms with Gasteiger partial charge in [-0.15, -0.1) is 0 Å². The van der Waals surface area contributed by atoms with Crippen molar-refractivity contribution in [1.82, 2.24) is 9.47 Å². The number of aliphatic hydroxyl groups excluding tert-OH is 1. The number of aliphatic hydroxyl groups is 1. The van der Waals surface area contributed by atoms with Crippen molar-refractivity contribution in [2.24, 2.45) is 0 Å². The first kappa shape index (κ1) is 11.7. The zero-order chi connectivity index (χ0) is 12.5. The Morgan fingerprint density at radius 3 is 3.06 bits per heavy atom. The molecule has 2 heterocycles. The highest BCUT2D eigenvalue weighted by Crippen LogP contribution is 2.36. The molecular weight excluding hydrogens is 232 g/mol. The Morgan fingerprint density at radius 1 is 1.44 bits per heavy atom. The number of ether oxygens (including phenoxy) is 1. The summed E-state index contributed by atoms with van der Waals surface area (Å²) in [7, 11) is 0. The lowest BCUT2D eigenvalue weighted by Gasteiger charge is -2.22. The van der Waals surface area contributed by atoms with E-state index < -0.39 is 6.10 Å². The van der Waals surface area contributed by atoms with E-state index in [-0.39, 0.29) is 5.91 Å². The van der Waals surface area contributed by atoms with Gasteiger partial charge in [0.15, 0.2) is 0 Å². The number of hydrogen-bond donors (Lipinski definition) is 1. The molecule has 1 aliphatic carbocycles. The molecule has 1 amide bonds. The molecule has 1 aromatic heterocycles. The molecule has 1 saturated heterocycles. The second-order valence-corrected chi connectivity index (χ2v) is 5.01. The lowest BCUT2D eigenvalue weighted by Crippen LogP contribution is -2.38. The molecule has 0 unspecified atom stereocenters. The summed E-state index contributed by atoms with van der Waals surface area (Å²) in [5, 5.41) is 9.67. The van der Waals surface area contributed by atoms with Crippen LogP contribution in [0.5, 0.6) is 0 Å². The smallest absolute Gasteiger partial charge is 0.270 e. The van der Waals surface area contributed by atoms with E-state index in [1.165, 1.54) is 0 Å². The van der Waals surface area contributed by atoms with Crippen molar-refractivity contribution in [2.45, 2.75) is 25.0 Å². The van der Waals surface area contributed by atoms with Crippen molar-refractivity contribution >= 4 is 5.91 Å². The van der Waals surface area contributed by atoms with Gasteiger partial charge in [-0.25, -0.2) is 0 Å². The van der Waals surface area contributed by atoms with Gasteiger partial charge in [0.25, 0.3) is 5.91 Å². The average Bonchev–Trinajstić information content (AvgIpc) is 3.13. The van der Waals surface area contributed by atoms with Crippen LogP contribution in [-0.4, -0.2) is 52.9 Å². The summed E-state index contributed by atoms with van der Waals surface area (Å²) in [6.45, 7) is 1.71. The number of β-amino-alcohol motifs (C(OH)–C–C–N with tert-alkyl or cyclic N) is 1. The molecule has 2 aliphatic rings. The van der Waals surface area contributed by atoms with E-state index in [9.17, 15) is 9.90 Å². The lowest BCUT2D eigenvalue weighted by molar-refractivity contribution is 0.0531. The quantitative estimate of drug-likeness (QED) is 0.838. The molecule has 98 valence electrons. The maximum absolute atomic E-state index is 12.5. The SMILES string of the molecule is O=C(c1cccn1C1CC1)N1CCOC[C@@H](O)C1. The van der Waals surface area contributed by atoms with Crippen molar-refractivity contribution in [2.75, 3.05) is 26.3 Å². The second-order valence-electron chi connectivity index (χ2n) is 5.01. The zero-order valence-corrected chi connectivity index (χ0v) is 10.3. The first-order chi connectivity index (χ1) is 8.75. The van der Waals surface area contributed by atoms with Crippen molar-refractivity contribution in [3.05, 3.63) is 24.0 Å². The molecule has 0 radical (unpaired) electrons. The molecule has 5 heteroatoms. The third kappa shape index (κ3) is 2.28. The summed E-state index contributed by atoms with van der Waals surface area (Å²) in [6, 6.07) is 4.27. The number of carbonyl (C=O) groups is 1. The largest absolute Gasteiger partial charge is 0.389 e. The van der Waals surface area contributed by atoms with Crippen LogP contribution in [0.4, 0.5) is 0 Å². The Bertz CT molecular complexity index is 439. The standard InChI is InChI=1S/C13H18N2O3/c16-11-8-14(6-7-18-9-11)13(17)12-2-1-5-15(12)10-3-4-10/h1-2,5,10-11,16H,3-4,6-9H2/t11-/m0/s1. The first-order valence-corrected chi connectivity index (χ1v) is 6.47. The molecule has 18 heavy (non-hydrogen) atoms. The topological polar surface area (TPSA) is 54.7 Å². The van der Waals surface area contributed by atoms with E-state index in [0.717, 1.165) is 18.5 Å². The highest BCUT2D eigenvalue weighted by Gasteiger charge is 2.29. The van der Waals surface area contributed by atoms with Gasteiger partial charge in [-0.05, 0) is 25.0 Å². The molecule has 1 N–H and O–H groups in total. The van der Waals surface area contributed by atoms with Gasteiger partial charge in [0.05, 0.1) is 19.3 Å². The van der Waals surface area contributed by atoms with Gasteiger partial charge in [-0.3, -0.25) is 4.79 Å². The maximum atomic E-state index is 12.5. The van der Waals surface area contributed by atoms with Crippen molar-refractivity contribution in [1.29, 1.82) is 0 Å². The molecule has 1 saturated carbocycles. The van der Waals surface area contributed by atoms with Crippen LogP contribution in [0, 0.1) is 0 Å².